The molecule has 2 heterocycles. The Morgan fingerprint density at radius 2 is 1.21 bits per heavy atom. The van der Waals surface area contributed by atoms with Gasteiger partial charge in [0.05, 0.1) is 11.1 Å². The van der Waals surface area contributed by atoms with Crippen molar-refractivity contribution in [2.24, 2.45) is 0 Å². The molecule has 0 aliphatic rings. The predicted molar refractivity (Wildman–Crippen MR) is 84.5 cm³/mol. The number of nitrogens with zero attached hydrogens (tertiary/aromatic N) is 4. The first-order valence-corrected chi connectivity index (χ1v) is 6.95. The van der Waals surface area contributed by atoms with Crippen LogP contribution in [0.15, 0.2) is 60.9 Å². The van der Waals surface area contributed by atoms with E-state index in [2.05, 4.69) is 9.97 Å². The summed E-state index contributed by atoms with van der Waals surface area (Å²) in [5.74, 6) is 1.84. The summed E-state index contributed by atoms with van der Waals surface area (Å²) < 4.78 is 11.3. The molecule has 1 aromatic carbocycles. The monoisotopic (exact) mass is 314 g/mol. The highest BCUT2D eigenvalue weighted by molar-refractivity contribution is 5.38. The molecule has 6 nitrogen and oxygen atoms in total. The lowest BCUT2D eigenvalue weighted by Crippen LogP contribution is -1.91. The van der Waals surface area contributed by atoms with Crippen molar-refractivity contribution in [3.8, 4) is 35.4 Å². The van der Waals surface area contributed by atoms with Gasteiger partial charge in [-0.3, -0.25) is 0 Å². The van der Waals surface area contributed by atoms with Crippen LogP contribution in [-0.4, -0.2) is 9.97 Å². The van der Waals surface area contributed by atoms with Crippen LogP contribution >= 0.6 is 0 Å². The summed E-state index contributed by atoms with van der Waals surface area (Å²) in [4.78, 5) is 8.10. The standard InChI is InChI=1S/C18H10N4O2/c19-9-13-4-6-17(21-11-13)23-15-2-1-3-16(8-15)24-18-7-5-14(10-20)12-22-18/h1-8,11-12H. The number of benzene rings is 1. The highest BCUT2D eigenvalue weighted by Gasteiger charge is 2.04. The molecule has 0 spiro atoms. The van der Waals surface area contributed by atoms with Crippen LogP contribution in [0.2, 0.25) is 0 Å². The van der Waals surface area contributed by atoms with E-state index < -0.39 is 0 Å². The van der Waals surface area contributed by atoms with Crippen molar-refractivity contribution in [1.82, 2.24) is 9.97 Å². The van der Waals surface area contributed by atoms with Gasteiger partial charge in [0.2, 0.25) is 11.8 Å². The van der Waals surface area contributed by atoms with E-state index >= 15 is 0 Å². The maximum Gasteiger partial charge on any atom is 0.219 e. The highest BCUT2D eigenvalue weighted by Crippen LogP contribution is 2.26. The molecule has 0 radical (unpaired) electrons. The van der Waals surface area contributed by atoms with Gasteiger partial charge in [-0.05, 0) is 24.3 Å². The SMILES string of the molecule is N#Cc1ccc(Oc2cccc(Oc3ccc(C#N)cn3)c2)nc1. The van der Waals surface area contributed by atoms with Crippen LogP contribution in [0.3, 0.4) is 0 Å². The normalized spacial score (nSPS) is 9.58. The number of nitriles is 2. The van der Waals surface area contributed by atoms with Crippen molar-refractivity contribution in [3.63, 3.8) is 0 Å². The summed E-state index contributed by atoms with van der Waals surface area (Å²) in [6.07, 6.45) is 2.88. The Kier molecular flexibility index (Phi) is 4.32. The zero-order valence-electron chi connectivity index (χ0n) is 12.4. The summed E-state index contributed by atoms with van der Waals surface area (Å²) in [7, 11) is 0. The van der Waals surface area contributed by atoms with Crippen molar-refractivity contribution in [1.29, 1.82) is 10.5 Å². The number of aromatic nitrogens is 2. The molecule has 0 amide bonds. The molecule has 0 saturated heterocycles. The quantitative estimate of drug-likeness (QED) is 0.727. The largest absolute Gasteiger partial charge is 0.439 e. The Morgan fingerprint density at radius 1 is 0.708 bits per heavy atom. The van der Waals surface area contributed by atoms with Crippen LogP contribution in [-0.2, 0) is 0 Å². The number of hydrogen-bond acceptors (Lipinski definition) is 6. The predicted octanol–water partition coefficient (Wildman–Crippen LogP) is 3.80. The topological polar surface area (TPSA) is 91.8 Å². The van der Waals surface area contributed by atoms with Crippen LogP contribution in [0, 0.1) is 22.7 Å². The maximum absolute atomic E-state index is 8.76. The van der Waals surface area contributed by atoms with Gasteiger partial charge in [-0.15, -0.1) is 0 Å². The molecule has 0 saturated carbocycles. The molecule has 0 fully saturated rings. The summed E-state index contributed by atoms with van der Waals surface area (Å²) in [5.41, 5.74) is 0.928. The maximum atomic E-state index is 8.76. The average molecular weight is 314 g/mol. The average Bonchev–Trinajstić information content (AvgIpc) is 2.63. The Hall–Kier alpha value is -3.90. The van der Waals surface area contributed by atoms with Gasteiger partial charge in [0.15, 0.2) is 0 Å². The third kappa shape index (κ3) is 3.65. The molecule has 0 bridgehead atoms. The summed E-state index contributed by atoms with van der Waals surface area (Å²) in [5, 5.41) is 17.5. The summed E-state index contributed by atoms with van der Waals surface area (Å²) >= 11 is 0. The van der Waals surface area contributed by atoms with Crippen molar-refractivity contribution in [2.75, 3.05) is 0 Å². The summed E-state index contributed by atoms with van der Waals surface area (Å²) in [6, 6.07) is 17.5. The van der Waals surface area contributed by atoms with Crippen LogP contribution in [0.5, 0.6) is 23.3 Å². The summed E-state index contributed by atoms with van der Waals surface area (Å²) in [6.45, 7) is 0. The molecule has 6 heteroatoms. The molecule has 0 aliphatic heterocycles. The first kappa shape index (κ1) is 15.0. The lowest BCUT2D eigenvalue weighted by Gasteiger charge is -2.08. The molecule has 0 aliphatic carbocycles. The number of rotatable bonds is 4. The Balaban J connectivity index is 1.73. The minimum Gasteiger partial charge on any atom is -0.439 e. The zero-order chi connectivity index (χ0) is 16.8. The second-order valence-corrected chi connectivity index (χ2v) is 4.67. The van der Waals surface area contributed by atoms with Gasteiger partial charge in [-0.2, -0.15) is 10.5 Å². The first-order chi connectivity index (χ1) is 11.8. The third-order valence-corrected chi connectivity index (χ3v) is 2.98. The van der Waals surface area contributed by atoms with Gasteiger partial charge in [-0.1, -0.05) is 6.07 Å². The van der Waals surface area contributed by atoms with E-state index in [1.807, 2.05) is 12.1 Å². The van der Waals surface area contributed by atoms with Crippen molar-refractivity contribution >= 4 is 0 Å². The van der Waals surface area contributed by atoms with Crippen molar-refractivity contribution in [2.45, 2.75) is 0 Å². The van der Waals surface area contributed by atoms with E-state index in [9.17, 15) is 0 Å². The minimum atomic E-state index is 0.377. The van der Waals surface area contributed by atoms with E-state index in [-0.39, 0.29) is 0 Å². The fourth-order valence-corrected chi connectivity index (χ4v) is 1.86. The van der Waals surface area contributed by atoms with Gasteiger partial charge in [0.25, 0.3) is 0 Å². The Labute approximate surface area is 138 Å². The molecular formula is C18H10N4O2. The van der Waals surface area contributed by atoms with Crippen LogP contribution < -0.4 is 9.47 Å². The molecule has 0 atom stereocenters. The Morgan fingerprint density at radius 3 is 1.58 bits per heavy atom. The highest BCUT2D eigenvalue weighted by atomic mass is 16.5. The van der Waals surface area contributed by atoms with Gasteiger partial charge < -0.3 is 9.47 Å². The number of pyridine rings is 2. The fourth-order valence-electron chi connectivity index (χ4n) is 1.86. The third-order valence-electron chi connectivity index (χ3n) is 2.98. The van der Waals surface area contributed by atoms with Gasteiger partial charge in [0.1, 0.15) is 23.6 Å². The second kappa shape index (κ2) is 6.91. The van der Waals surface area contributed by atoms with Gasteiger partial charge >= 0.3 is 0 Å². The molecule has 3 rings (SSSR count). The van der Waals surface area contributed by atoms with E-state index in [1.165, 1.54) is 12.4 Å². The first-order valence-electron chi connectivity index (χ1n) is 6.95. The molecule has 0 unspecified atom stereocenters. The zero-order valence-corrected chi connectivity index (χ0v) is 12.4. The second-order valence-electron chi connectivity index (χ2n) is 4.67. The van der Waals surface area contributed by atoms with Crippen molar-refractivity contribution < 1.29 is 9.47 Å². The van der Waals surface area contributed by atoms with E-state index in [4.69, 9.17) is 20.0 Å². The van der Waals surface area contributed by atoms with Crippen LogP contribution in [0.4, 0.5) is 0 Å². The fraction of sp³-hybridized carbons (Fsp3) is 0. The molecule has 0 N–H and O–H groups in total. The molecule has 2 aromatic heterocycles. The molecule has 24 heavy (non-hydrogen) atoms. The smallest absolute Gasteiger partial charge is 0.219 e. The number of hydrogen-bond donors (Lipinski definition) is 0. The van der Waals surface area contributed by atoms with Crippen molar-refractivity contribution in [3.05, 3.63) is 72.1 Å². The minimum absolute atomic E-state index is 0.377. The van der Waals surface area contributed by atoms with Gasteiger partial charge in [-0.25, -0.2) is 9.97 Å². The van der Waals surface area contributed by atoms with E-state index in [0.717, 1.165) is 0 Å². The van der Waals surface area contributed by atoms with E-state index in [0.29, 0.717) is 34.4 Å². The molecule has 3 aromatic rings. The van der Waals surface area contributed by atoms with Gasteiger partial charge in [0, 0.05) is 30.6 Å². The van der Waals surface area contributed by atoms with Crippen LogP contribution in [0.25, 0.3) is 0 Å². The lowest BCUT2D eigenvalue weighted by molar-refractivity contribution is 0.442. The lowest BCUT2D eigenvalue weighted by atomic mass is 10.3. The molecule has 114 valence electrons. The molecular weight excluding hydrogens is 304 g/mol. The van der Waals surface area contributed by atoms with E-state index in [1.54, 1.807) is 48.5 Å². The number of ether oxygens (including phenoxy) is 2. The van der Waals surface area contributed by atoms with Crippen LogP contribution in [0.1, 0.15) is 11.1 Å². The Bertz CT molecular complexity index is 848.